The van der Waals surface area contributed by atoms with Crippen LogP contribution < -0.4 is 19.1 Å². The van der Waals surface area contributed by atoms with Gasteiger partial charge in [0.05, 0.1) is 27.0 Å². The lowest BCUT2D eigenvalue weighted by molar-refractivity contribution is -0.121. The van der Waals surface area contributed by atoms with Crippen molar-refractivity contribution in [3.05, 3.63) is 57.8 Å². The van der Waals surface area contributed by atoms with Crippen molar-refractivity contribution in [3.8, 4) is 17.2 Å². The first kappa shape index (κ1) is 24.1. The first-order valence-corrected chi connectivity index (χ1v) is 11.6. The number of aryl methyl sites for hydroxylation is 1. The maximum atomic E-state index is 13.8. The lowest BCUT2D eigenvalue weighted by Crippen LogP contribution is -2.44. The van der Waals surface area contributed by atoms with E-state index in [9.17, 15) is 9.59 Å². The minimum absolute atomic E-state index is 0.0521. The molecule has 0 fully saturated rings. The van der Waals surface area contributed by atoms with E-state index in [2.05, 4.69) is 13.8 Å². The van der Waals surface area contributed by atoms with Gasteiger partial charge < -0.3 is 14.2 Å². The molecule has 0 aromatic heterocycles. The Hall–Kier alpha value is -2.99. The molecule has 0 saturated carbocycles. The number of ether oxygens (including phenoxy) is 3. The topological polar surface area (TPSA) is 65.1 Å². The summed E-state index contributed by atoms with van der Waals surface area (Å²) >= 11 is 6.33. The van der Waals surface area contributed by atoms with E-state index in [-0.39, 0.29) is 23.5 Å². The van der Waals surface area contributed by atoms with Crippen LogP contribution in [0.2, 0.25) is 5.02 Å². The van der Waals surface area contributed by atoms with Gasteiger partial charge in [0.2, 0.25) is 5.91 Å². The molecule has 0 radical (unpaired) electrons. The fraction of sp³-hybridized carbons (Fsp3) is 0.407. The second-order valence-corrected chi connectivity index (χ2v) is 10.1. The van der Waals surface area contributed by atoms with E-state index in [0.29, 0.717) is 46.4 Å². The van der Waals surface area contributed by atoms with E-state index < -0.39 is 5.92 Å². The molecule has 1 amide bonds. The molecule has 7 heteroatoms. The molecule has 4 rings (SSSR count). The molecule has 34 heavy (non-hydrogen) atoms. The van der Waals surface area contributed by atoms with Gasteiger partial charge in [0, 0.05) is 52.7 Å². The molecule has 2 aromatic carbocycles. The fourth-order valence-corrected chi connectivity index (χ4v) is 5.21. The highest BCUT2D eigenvalue weighted by atomic mass is 35.5. The fourth-order valence-electron chi connectivity index (χ4n) is 5.05. The van der Waals surface area contributed by atoms with Gasteiger partial charge in [0.25, 0.3) is 0 Å². The summed E-state index contributed by atoms with van der Waals surface area (Å²) < 4.78 is 16.6. The van der Waals surface area contributed by atoms with Gasteiger partial charge in [0.1, 0.15) is 17.2 Å². The average molecular weight is 484 g/mol. The number of carbonyl (C=O) groups is 2. The Kier molecular flexibility index (Phi) is 6.38. The maximum Gasteiger partial charge on any atom is 0.232 e. The standard InChI is InChI=1S/C27H30ClNO5/c1-15-9-20(24(34-6)12-19(15)28)29-21-13-27(2,3)14-22(30)26(21)18(11-25(29)31)17-8-7-16(32-4)10-23(17)33-5/h7-10,12,18H,11,13-14H2,1-6H3. The second-order valence-electron chi connectivity index (χ2n) is 9.67. The van der Waals surface area contributed by atoms with Crippen LogP contribution in [0, 0.1) is 12.3 Å². The van der Waals surface area contributed by atoms with E-state index in [4.69, 9.17) is 25.8 Å². The lowest BCUT2D eigenvalue weighted by Gasteiger charge is -2.43. The van der Waals surface area contributed by atoms with Crippen molar-refractivity contribution in [2.75, 3.05) is 26.2 Å². The number of rotatable bonds is 5. The molecule has 0 bridgehead atoms. The molecule has 180 valence electrons. The van der Waals surface area contributed by atoms with E-state index in [1.165, 1.54) is 0 Å². The number of nitrogens with zero attached hydrogens (tertiary/aromatic N) is 1. The van der Waals surface area contributed by atoms with Gasteiger partial charge in [-0.15, -0.1) is 0 Å². The summed E-state index contributed by atoms with van der Waals surface area (Å²) in [5, 5.41) is 0.556. The lowest BCUT2D eigenvalue weighted by atomic mass is 9.69. The predicted molar refractivity (Wildman–Crippen MR) is 132 cm³/mol. The highest BCUT2D eigenvalue weighted by Crippen LogP contribution is 2.51. The van der Waals surface area contributed by atoms with Gasteiger partial charge in [-0.05, 0) is 36.5 Å². The van der Waals surface area contributed by atoms with Gasteiger partial charge in [0.15, 0.2) is 5.78 Å². The number of carbonyl (C=O) groups excluding carboxylic acids is 2. The number of anilines is 1. The minimum atomic E-state index is -0.400. The first-order valence-electron chi connectivity index (χ1n) is 11.3. The first-order chi connectivity index (χ1) is 16.1. The number of ketones is 1. The Morgan fingerprint density at radius 2 is 1.68 bits per heavy atom. The molecule has 0 N–H and O–H groups in total. The summed E-state index contributed by atoms with van der Waals surface area (Å²) in [7, 11) is 4.72. The van der Waals surface area contributed by atoms with Crippen molar-refractivity contribution in [1.29, 1.82) is 0 Å². The van der Waals surface area contributed by atoms with E-state index in [1.54, 1.807) is 38.4 Å². The van der Waals surface area contributed by atoms with Crippen LogP contribution >= 0.6 is 11.6 Å². The summed E-state index contributed by atoms with van der Waals surface area (Å²) in [6.07, 6.45) is 1.14. The van der Waals surface area contributed by atoms with Crippen LogP contribution in [-0.4, -0.2) is 33.0 Å². The van der Waals surface area contributed by atoms with E-state index >= 15 is 0 Å². The number of hydrogen-bond donors (Lipinski definition) is 0. The molecule has 2 aliphatic rings. The molecule has 1 heterocycles. The SMILES string of the molecule is COc1ccc(C2CC(=O)N(c3cc(C)c(Cl)cc3OC)C3=C2C(=O)CC(C)(C)C3)c(OC)c1. The van der Waals surface area contributed by atoms with Gasteiger partial charge in [-0.1, -0.05) is 31.5 Å². The zero-order valence-electron chi connectivity index (χ0n) is 20.5. The Labute approximate surface area is 205 Å². The van der Waals surface area contributed by atoms with Crippen LogP contribution in [0.5, 0.6) is 17.2 Å². The molecule has 1 atom stereocenters. The summed E-state index contributed by atoms with van der Waals surface area (Å²) in [5.74, 6) is 1.28. The van der Waals surface area contributed by atoms with Crippen LogP contribution in [0.15, 0.2) is 41.6 Å². The maximum absolute atomic E-state index is 13.8. The van der Waals surface area contributed by atoms with Crippen molar-refractivity contribution in [2.24, 2.45) is 5.41 Å². The van der Waals surface area contributed by atoms with Crippen molar-refractivity contribution in [2.45, 2.75) is 46.0 Å². The zero-order chi connectivity index (χ0) is 24.8. The third-order valence-corrected chi connectivity index (χ3v) is 7.07. The summed E-state index contributed by atoms with van der Waals surface area (Å²) in [6, 6.07) is 9.07. The molecular formula is C27H30ClNO5. The number of Topliss-reactive ketones (excluding diaryl/α,β-unsaturated/α-hetero) is 1. The highest BCUT2D eigenvalue weighted by molar-refractivity contribution is 6.31. The predicted octanol–water partition coefficient (Wildman–Crippen LogP) is 5.84. The number of amides is 1. The van der Waals surface area contributed by atoms with E-state index in [1.807, 2.05) is 25.1 Å². The number of allylic oxidation sites excluding steroid dienone is 2. The molecule has 1 unspecified atom stereocenters. The molecule has 1 aliphatic carbocycles. The summed E-state index contributed by atoms with van der Waals surface area (Å²) in [6.45, 7) is 5.99. The third kappa shape index (κ3) is 4.16. The van der Waals surface area contributed by atoms with Crippen LogP contribution in [0.3, 0.4) is 0 Å². The van der Waals surface area contributed by atoms with Crippen molar-refractivity contribution >= 4 is 29.0 Å². The third-order valence-electron chi connectivity index (χ3n) is 6.66. The quantitative estimate of drug-likeness (QED) is 0.534. The number of hydrogen-bond acceptors (Lipinski definition) is 5. The van der Waals surface area contributed by atoms with Crippen molar-refractivity contribution in [1.82, 2.24) is 0 Å². The van der Waals surface area contributed by atoms with Crippen LogP contribution in [0.1, 0.15) is 50.2 Å². The van der Waals surface area contributed by atoms with E-state index in [0.717, 1.165) is 16.8 Å². The number of methoxy groups -OCH3 is 3. The number of halogens is 1. The molecule has 1 aliphatic heterocycles. The molecule has 0 saturated heterocycles. The van der Waals surface area contributed by atoms with Gasteiger partial charge in [-0.25, -0.2) is 0 Å². The monoisotopic (exact) mass is 483 g/mol. The Morgan fingerprint density at radius 3 is 2.32 bits per heavy atom. The molecule has 2 aromatic rings. The second kappa shape index (κ2) is 8.99. The molecular weight excluding hydrogens is 454 g/mol. The van der Waals surface area contributed by atoms with Crippen LogP contribution in [0.25, 0.3) is 0 Å². The summed E-state index contributed by atoms with van der Waals surface area (Å²) in [4.78, 5) is 29.0. The molecule has 6 nitrogen and oxygen atoms in total. The Bertz CT molecular complexity index is 1200. The minimum Gasteiger partial charge on any atom is -0.497 e. The van der Waals surface area contributed by atoms with Crippen LogP contribution in [0.4, 0.5) is 5.69 Å². The summed E-state index contributed by atoms with van der Waals surface area (Å²) in [5.41, 5.74) is 3.34. The molecule has 0 spiro atoms. The van der Waals surface area contributed by atoms with Gasteiger partial charge in [-0.2, -0.15) is 0 Å². The van der Waals surface area contributed by atoms with Gasteiger partial charge >= 0.3 is 0 Å². The number of benzene rings is 2. The smallest absolute Gasteiger partial charge is 0.232 e. The normalized spacial score (nSPS) is 19.7. The van der Waals surface area contributed by atoms with Gasteiger partial charge in [-0.3, -0.25) is 14.5 Å². The van der Waals surface area contributed by atoms with Crippen molar-refractivity contribution in [3.63, 3.8) is 0 Å². The van der Waals surface area contributed by atoms with Crippen LogP contribution in [-0.2, 0) is 9.59 Å². The highest BCUT2D eigenvalue weighted by Gasteiger charge is 2.45. The average Bonchev–Trinajstić information content (AvgIpc) is 2.78. The zero-order valence-corrected chi connectivity index (χ0v) is 21.2. The van der Waals surface area contributed by atoms with Crippen molar-refractivity contribution < 1.29 is 23.8 Å². The largest absolute Gasteiger partial charge is 0.497 e. The Morgan fingerprint density at radius 1 is 0.971 bits per heavy atom. The Balaban J connectivity index is 1.95.